The molecule has 15 heavy (non-hydrogen) atoms. The summed E-state index contributed by atoms with van der Waals surface area (Å²) in [5, 5.41) is 19.2. The van der Waals surface area contributed by atoms with Crippen LogP contribution < -0.4 is 5.73 Å². The molecule has 0 spiro atoms. The summed E-state index contributed by atoms with van der Waals surface area (Å²) in [6.07, 6.45) is 0. The van der Waals surface area contributed by atoms with Gasteiger partial charge in [-0.15, -0.1) is 0 Å². The van der Waals surface area contributed by atoms with Gasteiger partial charge in [-0.25, -0.2) is 4.98 Å². The third kappa shape index (κ3) is 1.57. The molecular weight excluding hydrogens is 305 g/mol. The fourth-order valence-electron chi connectivity index (χ4n) is 1.35. The van der Waals surface area contributed by atoms with Gasteiger partial charge in [0.1, 0.15) is 23.2 Å². The molecule has 0 saturated carbocycles. The average Bonchev–Trinajstić information content (AvgIpc) is 2.20. The number of nitriles is 1. The van der Waals surface area contributed by atoms with Crippen LogP contribution in [0.4, 0.5) is 5.82 Å². The van der Waals surface area contributed by atoms with Gasteiger partial charge in [-0.2, -0.15) is 5.26 Å². The quantitative estimate of drug-likeness (QED) is 0.729. The summed E-state index contributed by atoms with van der Waals surface area (Å²) in [5.41, 5.74) is 6.16. The molecule has 0 radical (unpaired) electrons. The molecule has 3 N–H and O–H groups in total. The van der Waals surface area contributed by atoms with E-state index in [9.17, 15) is 5.11 Å². The highest BCUT2D eigenvalue weighted by molar-refractivity contribution is 14.1. The Bertz CT molecular complexity index is 589. The van der Waals surface area contributed by atoms with E-state index in [4.69, 9.17) is 11.0 Å². The predicted octanol–water partition coefficient (Wildman–Crippen LogP) is 2.00. The molecule has 1 heterocycles. The van der Waals surface area contributed by atoms with Crippen molar-refractivity contribution < 1.29 is 5.11 Å². The first-order chi connectivity index (χ1) is 7.13. The van der Waals surface area contributed by atoms with Crippen LogP contribution >= 0.6 is 22.6 Å². The fraction of sp³-hybridized carbons (Fsp3) is 0. The van der Waals surface area contributed by atoms with Gasteiger partial charge in [0.25, 0.3) is 0 Å². The van der Waals surface area contributed by atoms with Crippen LogP contribution in [0.1, 0.15) is 5.56 Å². The van der Waals surface area contributed by atoms with Gasteiger partial charge in [0.2, 0.25) is 0 Å². The third-order valence-corrected chi connectivity index (χ3v) is 2.73. The van der Waals surface area contributed by atoms with Crippen molar-refractivity contribution in [2.75, 3.05) is 5.73 Å². The summed E-state index contributed by atoms with van der Waals surface area (Å²) in [5.74, 6) is -0.0396. The number of aromatic nitrogens is 1. The zero-order valence-electron chi connectivity index (χ0n) is 7.53. The van der Waals surface area contributed by atoms with Crippen molar-refractivity contribution in [1.82, 2.24) is 4.98 Å². The Morgan fingerprint density at radius 3 is 2.87 bits per heavy atom. The lowest BCUT2D eigenvalue weighted by molar-refractivity contribution is 0.480. The topological polar surface area (TPSA) is 82.9 Å². The maximum atomic E-state index is 9.81. The van der Waals surface area contributed by atoms with E-state index in [1.165, 1.54) is 0 Å². The van der Waals surface area contributed by atoms with Crippen LogP contribution in [0, 0.1) is 14.9 Å². The molecular formula is C10H6IN3O. The van der Waals surface area contributed by atoms with Crippen molar-refractivity contribution in [3.63, 3.8) is 0 Å². The Morgan fingerprint density at radius 1 is 1.47 bits per heavy atom. The molecule has 1 aromatic heterocycles. The number of nitrogens with two attached hydrogens (primary N) is 1. The normalized spacial score (nSPS) is 10.1. The number of hydrogen-bond donors (Lipinski definition) is 2. The van der Waals surface area contributed by atoms with Crippen LogP contribution in [0.25, 0.3) is 10.9 Å². The zero-order valence-corrected chi connectivity index (χ0v) is 9.69. The molecule has 0 unspecified atom stereocenters. The predicted molar refractivity (Wildman–Crippen MR) is 65.3 cm³/mol. The second kappa shape index (κ2) is 3.55. The van der Waals surface area contributed by atoms with E-state index in [-0.39, 0.29) is 17.1 Å². The van der Waals surface area contributed by atoms with Crippen LogP contribution in [0.15, 0.2) is 18.2 Å². The number of hydrogen-bond acceptors (Lipinski definition) is 4. The number of benzene rings is 1. The molecule has 0 atom stereocenters. The van der Waals surface area contributed by atoms with E-state index in [2.05, 4.69) is 27.6 Å². The molecule has 0 aliphatic carbocycles. The van der Waals surface area contributed by atoms with Crippen molar-refractivity contribution in [3.05, 3.63) is 27.3 Å². The summed E-state index contributed by atoms with van der Waals surface area (Å²) < 4.78 is 0.964. The molecule has 0 saturated heterocycles. The van der Waals surface area contributed by atoms with E-state index in [0.717, 1.165) is 3.57 Å². The first kappa shape index (κ1) is 9.98. The van der Waals surface area contributed by atoms with Gasteiger partial charge < -0.3 is 10.8 Å². The third-order valence-electron chi connectivity index (χ3n) is 2.06. The van der Waals surface area contributed by atoms with E-state index in [1.54, 1.807) is 12.1 Å². The Morgan fingerprint density at radius 2 is 2.20 bits per heavy atom. The van der Waals surface area contributed by atoms with Gasteiger partial charge in [0, 0.05) is 8.96 Å². The lowest BCUT2D eigenvalue weighted by atomic mass is 10.1. The van der Waals surface area contributed by atoms with Gasteiger partial charge in [0.05, 0.1) is 5.52 Å². The number of anilines is 1. The van der Waals surface area contributed by atoms with E-state index >= 15 is 0 Å². The maximum absolute atomic E-state index is 9.81. The molecule has 5 heteroatoms. The first-order valence-corrected chi connectivity index (χ1v) is 5.19. The number of rotatable bonds is 0. The van der Waals surface area contributed by atoms with Crippen molar-refractivity contribution in [1.29, 1.82) is 5.26 Å². The number of pyridine rings is 1. The van der Waals surface area contributed by atoms with Crippen molar-refractivity contribution in [2.45, 2.75) is 0 Å². The molecule has 2 rings (SSSR count). The minimum Gasteiger partial charge on any atom is -0.506 e. The standard InChI is InChI=1S/C10H6IN3O/c11-5-1-2-8-6(3-5)9(15)7(4-12)10(13)14-8/h1-3H,(H3,13,14,15). The molecule has 0 aliphatic heterocycles. The van der Waals surface area contributed by atoms with Gasteiger partial charge in [-0.3, -0.25) is 0 Å². The smallest absolute Gasteiger partial charge is 0.146 e. The van der Waals surface area contributed by atoms with Gasteiger partial charge >= 0.3 is 0 Å². The highest BCUT2D eigenvalue weighted by Crippen LogP contribution is 2.31. The van der Waals surface area contributed by atoms with Crippen molar-refractivity contribution in [2.24, 2.45) is 0 Å². The van der Waals surface area contributed by atoms with E-state index < -0.39 is 0 Å². The van der Waals surface area contributed by atoms with Crippen LogP contribution in [-0.4, -0.2) is 10.1 Å². The molecule has 1 aromatic carbocycles. The molecule has 2 aromatic rings. The molecule has 4 nitrogen and oxygen atoms in total. The number of nitrogen functional groups attached to an aromatic ring is 1. The number of fused-ring (bicyclic) bond motifs is 1. The van der Waals surface area contributed by atoms with E-state index in [1.807, 2.05) is 12.1 Å². The number of nitrogens with zero attached hydrogens (tertiary/aromatic N) is 2. The second-order valence-electron chi connectivity index (χ2n) is 2.99. The molecule has 0 bridgehead atoms. The Hall–Kier alpha value is -1.55. The van der Waals surface area contributed by atoms with Gasteiger partial charge in [0.15, 0.2) is 0 Å². The monoisotopic (exact) mass is 311 g/mol. The fourth-order valence-corrected chi connectivity index (χ4v) is 1.84. The molecule has 0 amide bonds. The molecule has 0 fully saturated rings. The first-order valence-electron chi connectivity index (χ1n) is 4.11. The lowest BCUT2D eigenvalue weighted by Gasteiger charge is -2.05. The highest BCUT2D eigenvalue weighted by atomic mass is 127. The summed E-state index contributed by atoms with van der Waals surface area (Å²) in [6.45, 7) is 0. The van der Waals surface area contributed by atoms with Gasteiger partial charge in [-0.05, 0) is 40.8 Å². The maximum Gasteiger partial charge on any atom is 0.146 e. The largest absolute Gasteiger partial charge is 0.506 e. The molecule has 74 valence electrons. The number of halogens is 1. The minimum absolute atomic E-state index is 0.0319. The van der Waals surface area contributed by atoms with Crippen molar-refractivity contribution in [3.8, 4) is 11.8 Å². The minimum atomic E-state index is -0.0986. The summed E-state index contributed by atoms with van der Waals surface area (Å²) >= 11 is 2.12. The lowest BCUT2D eigenvalue weighted by Crippen LogP contribution is -1.96. The SMILES string of the molecule is N#Cc1c(N)nc2ccc(I)cc2c1O. The van der Waals surface area contributed by atoms with Crippen LogP contribution in [0.2, 0.25) is 0 Å². The Labute approximate surface area is 99.5 Å². The summed E-state index contributed by atoms with van der Waals surface area (Å²) in [6, 6.07) is 7.22. The summed E-state index contributed by atoms with van der Waals surface area (Å²) in [4.78, 5) is 4.04. The summed E-state index contributed by atoms with van der Waals surface area (Å²) in [7, 11) is 0. The van der Waals surface area contributed by atoms with E-state index in [0.29, 0.717) is 10.9 Å². The second-order valence-corrected chi connectivity index (χ2v) is 4.24. The van der Waals surface area contributed by atoms with Crippen molar-refractivity contribution >= 4 is 39.3 Å². The zero-order chi connectivity index (χ0) is 11.0. The van der Waals surface area contributed by atoms with Gasteiger partial charge in [-0.1, -0.05) is 0 Å². The average molecular weight is 311 g/mol. The van der Waals surface area contributed by atoms with Crippen LogP contribution in [0.5, 0.6) is 5.75 Å². The Balaban J connectivity index is 2.94. The van der Waals surface area contributed by atoms with Crippen LogP contribution in [-0.2, 0) is 0 Å². The number of aromatic hydroxyl groups is 1. The highest BCUT2D eigenvalue weighted by Gasteiger charge is 2.11. The van der Waals surface area contributed by atoms with Crippen LogP contribution in [0.3, 0.4) is 0 Å². The molecule has 0 aliphatic rings. The Kier molecular flexibility index (Phi) is 2.36.